The van der Waals surface area contributed by atoms with Gasteiger partial charge in [0.15, 0.2) is 0 Å². The fraction of sp³-hybridized carbons (Fsp3) is 0.167. The number of anilines is 2. The maximum absolute atomic E-state index is 5.80. The average Bonchev–Trinajstić information content (AvgIpc) is 2.32. The quantitative estimate of drug-likeness (QED) is 0.746. The van der Waals surface area contributed by atoms with Gasteiger partial charge in [-0.2, -0.15) is 4.98 Å². The molecule has 1 heterocycles. The Balaban J connectivity index is 2.41. The molecule has 0 amide bonds. The zero-order chi connectivity index (χ0) is 11.5. The highest BCUT2D eigenvalue weighted by atomic mass is 35.5. The van der Waals surface area contributed by atoms with Crippen LogP contribution in [0.25, 0.3) is 0 Å². The summed E-state index contributed by atoms with van der Waals surface area (Å²) in [6.07, 6.45) is 1.73. The molecule has 0 atom stereocenters. The van der Waals surface area contributed by atoms with Crippen LogP contribution in [0.15, 0.2) is 36.5 Å². The molecule has 0 N–H and O–H groups in total. The molecule has 0 aliphatic heterocycles. The Morgan fingerprint density at radius 3 is 2.56 bits per heavy atom. The third kappa shape index (κ3) is 2.14. The van der Waals surface area contributed by atoms with Crippen molar-refractivity contribution in [3.05, 3.63) is 47.4 Å². The smallest absolute Gasteiger partial charge is 0.224 e. The first-order valence-corrected chi connectivity index (χ1v) is 5.34. The Morgan fingerprint density at radius 2 is 1.88 bits per heavy atom. The van der Waals surface area contributed by atoms with Crippen molar-refractivity contribution in [3.8, 4) is 0 Å². The number of hydrogen-bond donors (Lipinski definition) is 0. The summed E-state index contributed by atoms with van der Waals surface area (Å²) in [4.78, 5) is 10.2. The van der Waals surface area contributed by atoms with Gasteiger partial charge in [-0.05, 0) is 30.7 Å². The molecule has 0 spiro atoms. The van der Waals surface area contributed by atoms with Crippen LogP contribution in [0.3, 0.4) is 0 Å². The van der Waals surface area contributed by atoms with E-state index in [1.54, 1.807) is 6.20 Å². The van der Waals surface area contributed by atoms with Gasteiger partial charge in [0.1, 0.15) is 5.82 Å². The number of nitrogens with zero attached hydrogens (tertiary/aromatic N) is 3. The van der Waals surface area contributed by atoms with Gasteiger partial charge in [-0.3, -0.25) is 0 Å². The summed E-state index contributed by atoms with van der Waals surface area (Å²) in [5, 5.41) is 0.267. The maximum Gasteiger partial charge on any atom is 0.224 e. The van der Waals surface area contributed by atoms with Crippen LogP contribution < -0.4 is 4.90 Å². The van der Waals surface area contributed by atoms with Gasteiger partial charge in [-0.25, -0.2) is 4.98 Å². The molecule has 1 aromatic carbocycles. The summed E-state index contributed by atoms with van der Waals surface area (Å²) < 4.78 is 0. The lowest BCUT2D eigenvalue weighted by molar-refractivity contribution is 1.05. The third-order valence-corrected chi connectivity index (χ3v) is 2.56. The van der Waals surface area contributed by atoms with Crippen LogP contribution >= 0.6 is 11.6 Å². The van der Waals surface area contributed by atoms with E-state index in [1.807, 2.05) is 49.2 Å². The first-order valence-electron chi connectivity index (χ1n) is 4.96. The molecular weight excluding hydrogens is 222 g/mol. The average molecular weight is 234 g/mol. The molecule has 0 bridgehead atoms. The summed E-state index contributed by atoms with van der Waals surface area (Å²) in [5.74, 6) is 0.825. The molecule has 0 unspecified atom stereocenters. The van der Waals surface area contributed by atoms with Crippen LogP contribution in [0.1, 0.15) is 5.56 Å². The van der Waals surface area contributed by atoms with E-state index in [1.165, 1.54) is 0 Å². The summed E-state index contributed by atoms with van der Waals surface area (Å²) in [6, 6.07) is 10.0. The van der Waals surface area contributed by atoms with E-state index in [0.717, 1.165) is 17.1 Å². The van der Waals surface area contributed by atoms with Crippen molar-refractivity contribution in [1.29, 1.82) is 0 Å². The highest BCUT2D eigenvalue weighted by Crippen LogP contribution is 2.24. The Hall–Kier alpha value is -1.61. The van der Waals surface area contributed by atoms with E-state index in [-0.39, 0.29) is 5.28 Å². The molecule has 1 aromatic heterocycles. The fourth-order valence-electron chi connectivity index (χ4n) is 1.53. The van der Waals surface area contributed by atoms with Crippen LogP contribution in [-0.2, 0) is 0 Å². The molecule has 0 saturated carbocycles. The van der Waals surface area contributed by atoms with Gasteiger partial charge in [0.2, 0.25) is 5.28 Å². The zero-order valence-corrected chi connectivity index (χ0v) is 9.94. The number of benzene rings is 1. The van der Waals surface area contributed by atoms with Gasteiger partial charge in [-0.15, -0.1) is 0 Å². The van der Waals surface area contributed by atoms with Crippen molar-refractivity contribution in [3.63, 3.8) is 0 Å². The number of hydrogen-bond acceptors (Lipinski definition) is 3. The fourth-order valence-corrected chi connectivity index (χ4v) is 1.65. The molecule has 0 saturated heterocycles. The summed E-state index contributed by atoms with van der Waals surface area (Å²) in [5.41, 5.74) is 2.07. The number of halogens is 1. The number of rotatable bonds is 2. The first-order chi connectivity index (χ1) is 7.68. The monoisotopic (exact) mass is 233 g/mol. The van der Waals surface area contributed by atoms with Crippen molar-refractivity contribution >= 4 is 23.1 Å². The van der Waals surface area contributed by atoms with E-state index in [2.05, 4.69) is 9.97 Å². The van der Waals surface area contributed by atoms with Gasteiger partial charge in [0.25, 0.3) is 0 Å². The van der Waals surface area contributed by atoms with Crippen LogP contribution in [-0.4, -0.2) is 17.0 Å². The minimum atomic E-state index is 0.267. The van der Waals surface area contributed by atoms with Gasteiger partial charge in [0.05, 0.1) is 0 Å². The van der Waals surface area contributed by atoms with Crippen molar-refractivity contribution in [1.82, 2.24) is 9.97 Å². The molecule has 0 aliphatic carbocycles. The second-order valence-corrected chi connectivity index (χ2v) is 3.88. The van der Waals surface area contributed by atoms with E-state index in [4.69, 9.17) is 11.6 Å². The predicted octanol–water partition coefficient (Wildman–Crippen LogP) is 3.21. The lowest BCUT2D eigenvalue weighted by atomic mass is 10.2. The van der Waals surface area contributed by atoms with Gasteiger partial charge < -0.3 is 4.90 Å². The van der Waals surface area contributed by atoms with Crippen LogP contribution in [0.4, 0.5) is 11.5 Å². The van der Waals surface area contributed by atoms with E-state index < -0.39 is 0 Å². The van der Waals surface area contributed by atoms with Gasteiger partial charge in [-0.1, -0.05) is 18.2 Å². The topological polar surface area (TPSA) is 29.0 Å². The molecular formula is C12H12ClN3. The Labute approximate surface area is 99.7 Å². The van der Waals surface area contributed by atoms with Crippen LogP contribution in [0.5, 0.6) is 0 Å². The summed E-state index contributed by atoms with van der Waals surface area (Å²) in [7, 11) is 1.96. The number of aryl methyl sites for hydroxylation is 1. The van der Waals surface area contributed by atoms with Crippen LogP contribution in [0.2, 0.25) is 5.28 Å². The van der Waals surface area contributed by atoms with E-state index in [9.17, 15) is 0 Å². The molecule has 3 nitrogen and oxygen atoms in total. The Kier molecular flexibility index (Phi) is 3.06. The van der Waals surface area contributed by atoms with E-state index >= 15 is 0 Å². The standard InChI is InChI=1S/C12H12ClN3/c1-9-8-14-12(13)15-11(9)16(2)10-6-4-3-5-7-10/h3-8H,1-2H3. The predicted molar refractivity (Wildman–Crippen MR) is 66.3 cm³/mol. The van der Waals surface area contributed by atoms with Crippen molar-refractivity contribution in [2.45, 2.75) is 6.92 Å². The first kappa shape index (κ1) is 10.9. The third-order valence-electron chi connectivity index (χ3n) is 2.38. The van der Waals surface area contributed by atoms with Gasteiger partial charge >= 0.3 is 0 Å². The molecule has 0 fully saturated rings. The molecule has 16 heavy (non-hydrogen) atoms. The summed E-state index contributed by atoms with van der Waals surface area (Å²) in [6.45, 7) is 1.96. The van der Waals surface area contributed by atoms with E-state index in [0.29, 0.717) is 0 Å². The SMILES string of the molecule is Cc1cnc(Cl)nc1N(C)c1ccccc1. The maximum atomic E-state index is 5.80. The molecule has 4 heteroatoms. The second-order valence-electron chi connectivity index (χ2n) is 3.54. The summed E-state index contributed by atoms with van der Waals surface area (Å²) >= 11 is 5.80. The molecule has 2 aromatic rings. The molecule has 0 aliphatic rings. The normalized spacial score (nSPS) is 10.2. The molecule has 2 rings (SSSR count). The number of aromatic nitrogens is 2. The highest BCUT2D eigenvalue weighted by molar-refractivity contribution is 6.28. The Bertz CT molecular complexity index is 485. The molecule has 0 radical (unpaired) electrons. The zero-order valence-electron chi connectivity index (χ0n) is 9.18. The largest absolute Gasteiger partial charge is 0.329 e. The highest BCUT2D eigenvalue weighted by Gasteiger charge is 2.09. The minimum absolute atomic E-state index is 0.267. The van der Waals surface area contributed by atoms with Gasteiger partial charge in [0, 0.05) is 24.5 Å². The van der Waals surface area contributed by atoms with Crippen LogP contribution in [0, 0.1) is 6.92 Å². The van der Waals surface area contributed by atoms with Crippen molar-refractivity contribution < 1.29 is 0 Å². The minimum Gasteiger partial charge on any atom is -0.329 e. The van der Waals surface area contributed by atoms with Crippen molar-refractivity contribution in [2.24, 2.45) is 0 Å². The lowest BCUT2D eigenvalue weighted by Gasteiger charge is -2.19. The Morgan fingerprint density at radius 1 is 1.19 bits per heavy atom. The molecule has 82 valence electrons. The second kappa shape index (κ2) is 4.49. The lowest BCUT2D eigenvalue weighted by Crippen LogP contribution is -2.13. The number of para-hydroxylation sites is 1. The van der Waals surface area contributed by atoms with Crippen molar-refractivity contribution in [2.75, 3.05) is 11.9 Å².